The van der Waals surface area contributed by atoms with Crippen molar-refractivity contribution in [2.45, 2.75) is 50.5 Å². The first kappa shape index (κ1) is 30.1. The van der Waals surface area contributed by atoms with Crippen molar-refractivity contribution in [2.75, 3.05) is 6.54 Å². The summed E-state index contributed by atoms with van der Waals surface area (Å²) in [5, 5.41) is 12.8. The lowest BCUT2D eigenvalue weighted by Crippen LogP contribution is -2.59. The van der Waals surface area contributed by atoms with Gasteiger partial charge in [-0.15, -0.1) is 0 Å². The van der Waals surface area contributed by atoms with Crippen LogP contribution < -0.4 is 11.1 Å². The number of benzene rings is 3. The van der Waals surface area contributed by atoms with Crippen LogP contribution in [0.4, 0.5) is 0 Å². The maximum absolute atomic E-state index is 14.3. The molecule has 3 N–H and O–H groups in total. The Morgan fingerprint density at radius 1 is 1.00 bits per heavy atom. The maximum Gasteiger partial charge on any atom is 0.253 e. The Hall–Kier alpha value is -3.90. The zero-order chi connectivity index (χ0) is 29.5. The summed E-state index contributed by atoms with van der Waals surface area (Å²) in [6, 6.07) is 21.7. The highest BCUT2D eigenvalue weighted by Gasteiger charge is 2.48. The van der Waals surface area contributed by atoms with E-state index in [2.05, 4.69) is 11.4 Å². The van der Waals surface area contributed by atoms with E-state index in [1.165, 1.54) is 0 Å². The Balaban J connectivity index is 1.84. The number of primary amides is 1. The number of nitrogens with one attached hydrogen (secondary N) is 1. The van der Waals surface area contributed by atoms with E-state index in [-0.39, 0.29) is 18.9 Å². The lowest BCUT2D eigenvalue weighted by Gasteiger charge is -2.47. The van der Waals surface area contributed by atoms with Gasteiger partial charge in [0.05, 0.1) is 24.2 Å². The van der Waals surface area contributed by atoms with Crippen molar-refractivity contribution in [1.82, 2.24) is 10.2 Å². The normalized spacial score (nSPS) is 19.3. The number of halogens is 2. The minimum Gasteiger partial charge on any atom is -0.368 e. The first-order valence-electron chi connectivity index (χ1n) is 13.3. The second kappa shape index (κ2) is 13.6. The topological polar surface area (TPSA) is 126 Å². The van der Waals surface area contributed by atoms with Gasteiger partial charge in [-0.1, -0.05) is 72.9 Å². The van der Waals surface area contributed by atoms with Crippen LogP contribution >= 0.6 is 23.2 Å². The fourth-order valence-corrected chi connectivity index (χ4v) is 5.29. The number of hydrogen-bond donors (Lipinski definition) is 2. The molecule has 4 rings (SSSR count). The highest BCUT2D eigenvalue weighted by atomic mass is 35.5. The Morgan fingerprint density at radius 3 is 2.12 bits per heavy atom. The molecule has 3 aromatic carbocycles. The van der Waals surface area contributed by atoms with Crippen LogP contribution in [0.1, 0.15) is 54.2 Å². The van der Waals surface area contributed by atoms with Crippen LogP contribution in [0.3, 0.4) is 0 Å². The highest BCUT2D eigenvalue weighted by Crippen LogP contribution is 2.44. The monoisotopic (exact) mass is 592 g/mol. The summed E-state index contributed by atoms with van der Waals surface area (Å²) < 4.78 is 6.58. The third-order valence-corrected chi connectivity index (χ3v) is 7.48. The second-order valence-electron chi connectivity index (χ2n) is 9.84. The average Bonchev–Trinajstić information content (AvgIpc) is 2.97. The summed E-state index contributed by atoms with van der Waals surface area (Å²) in [6.07, 6.45) is -0.441. The number of carbonyl (C=O) groups is 3. The molecule has 0 bridgehead atoms. The molecule has 0 unspecified atom stereocenters. The van der Waals surface area contributed by atoms with Crippen molar-refractivity contribution >= 4 is 40.9 Å². The van der Waals surface area contributed by atoms with Gasteiger partial charge in [0.1, 0.15) is 18.2 Å². The van der Waals surface area contributed by atoms with E-state index in [0.717, 1.165) is 16.7 Å². The minimum absolute atomic E-state index is 0.222. The molecule has 1 fully saturated rings. The predicted octanol–water partition coefficient (Wildman–Crippen LogP) is 4.89. The zero-order valence-corrected chi connectivity index (χ0v) is 23.9. The van der Waals surface area contributed by atoms with E-state index in [9.17, 15) is 19.6 Å². The molecule has 3 amide bonds. The number of nitriles is 1. The van der Waals surface area contributed by atoms with Crippen LogP contribution in [-0.2, 0) is 25.5 Å². The number of amides is 3. The molecule has 0 aliphatic carbocycles. The average molecular weight is 594 g/mol. The Kier molecular flexibility index (Phi) is 10.0. The molecule has 10 heteroatoms. The highest BCUT2D eigenvalue weighted by molar-refractivity contribution is 6.30. The number of nitrogens with two attached hydrogens (primary N) is 1. The zero-order valence-electron chi connectivity index (χ0n) is 22.4. The number of rotatable bonds is 10. The fraction of sp³-hybridized carbons (Fsp3) is 0.290. The van der Waals surface area contributed by atoms with E-state index in [1.54, 1.807) is 53.4 Å². The third kappa shape index (κ3) is 7.25. The SMILES string of the molecule is CCC[C@@H](C(=O)NCC(N)=O)N1C(=O)[C@@H](Cc2ccc(C#N)cc2)O[C@H](c2ccc(Cl)cc2)[C@@H]1c1ccc(Cl)cc1. The summed E-state index contributed by atoms with van der Waals surface area (Å²) in [5.41, 5.74) is 8.09. The van der Waals surface area contributed by atoms with Gasteiger partial charge < -0.3 is 20.7 Å². The summed E-state index contributed by atoms with van der Waals surface area (Å²) in [7, 11) is 0. The van der Waals surface area contributed by atoms with Crippen molar-refractivity contribution in [3.05, 3.63) is 105 Å². The molecular weight excluding hydrogens is 563 g/mol. The van der Waals surface area contributed by atoms with Gasteiger partial charge in [-0.2, -0.15) is 5.26 Å². The van der Waals surface area contributed by atoms with Crippen LogP contribution in [0.5, 0.6) is 0 Å². The van der Waals surface area contributed by atoms with Crippen LogP contribution in [-0.4, -0.2) is 41.3 Å². The first-order valence-corrected chi connectivity index (χ1v) is 14.0. The number of morpholine rings is 1. The van der Waals surface area contributed by atoms with Crippen LogP contribution in [0.15, 0.2) is 72.8 Å². The summed E-state index contributed by atoms with van der Waals surface area (Å²) >= 11 is 12.4. The lowest BCUT2D eigenvalue weighted by molar-refractivity contribution is -0.181. The van der Waals surface area contributed by atoms with E-state index >= 15 is 0 Å². The van der Waals surface area contributed by atoms with E-state index in [1.807, 2.05) is 31.2 Å². The summed E-state index contributed by atoms with van der Waals surface area (Å²) in [5.74, 6) is -1.53. The largest absolute Gasteiger partial charge is 0.368 e. The van der Waals surface area contributed by atoms with Gasteiger partial charge in [0.2, 0.25) is 11.8 Å². The fourth-order valence-electron chi connectivity index (χ4n) is 5.04. The number of nitrogens with zero attached hydrogens (tertiary/aromatic N) is 2. The Bertz CT molecular complexity index is 1420. The molecule has 41 heavy (non-hydrogen) atoms. The van der Waals surface area contributed by atoms with Gasteiger partial charge in [0, 0.05) is 16.5 Å². The van der Waals surface area contributed by atoms with E-state index < -0.39 is 36.1 Å². The third-order valence-electron chi connectivity index (χ3n) is 6.98. The van der Waals surface area contributed by atoms with Gasteiger partial charge in [-0.05, 0) is 59.5 Å². The van der Waals surface area contributed by atoms with E-state index in [4.69, 9.17) is 33.7 Å². The number of carbonyl (C=O) groups excluding carboxylic acids is 3. The molecule has 1 aliphatic heterocycles. The second-order valence-corrected chi connectivity index (χ2v) is 10.7. The standard InChI is InChI=1S/C31H30Cl2N4O4/c1-2-3-25(30(39)36-18-27(35)38)37-28(21-8-12-23(32)13-9-21)29(22-10-14-24(33)15-11-22)41-26(31(37)40)16-19-4-6-20(17-34)7-5-19/h4-15,25-26,28-29H,2-3,16,18H2,1H3,(H2,35,38)(H,36,39)/t25-,26+,28-,29+/m0/s1. The number of hydrogen-bond acceptors (Lipinski definition) is 5. The molecule has 1 aliphatic rings. The molecule has 4 atom stereocenters. The number of ether oxygens (including phenoxy) is 1. The van der Waals surface area contributed by atoms with Gasteiger partial charge in [-0.3, -0.25) is 14.4 Å². The molecule has 3 aromatic rings. The van der Waals surface area contributed by atoms with Crippen molar-refractivity contribution in [3.63, 3.8) is 0 Å². The molecular formula is C31H30Cl2N4O4. The quantitative estimate of drug-likeness (QED) is 0.347. The molecule has 212 valence electrons. The smallest absolute Gasteiger partial charge is 0.253 e. The molecule has 1 heterocycles. The molecule has 8 nitrogen and oxygen atoms in total. The lowest BCUT2D eigenvalue weighted by atomic mass is 9.88. The summed E-state index contributed by atoms with van der Waals surface area (Å²) in [4.78, 5) is 40.9. The van der Waals surface area contributed by atoms with Gasteiger partial charge in [-0.25, -0.2) is 0 Å². The molecule has 0 spiro atoms. The van der Waals surface area contributed by atoms with Crippen LogP contribution in [0.2, 0.25) is 10.0 Å². The van der Waals surface area contributed by atoms with Crippen LogP contribution in [0.25, 0.3) is 0 Å². The Labute approximate surface area is 249 Å². The van der Waals surface area contributed by atoms with Crippen molar-refractivity contribution in [1.29, 1.82) is 5.26 Å². The van der Waals surface area contributed by atoms with Crippen molar-refractivity contribution in [2.24, 2.45) is 5.73 Å². The van der Waals surface area contributed by atoms with Gasteiger partial charge in [0.25, 0.3) is 5.91 Å². The van der Waals surface area contributed by atoms with Gasteiger partial charge in [0.15, 0.2) is 0 Å². The maximum atomic E-state index is 14.3. The molecule has 0 saturated carbocycles. The summed E-state index contributed by atoms with van der Waals surface area (Å²) in [6.45, 7) is 1.57. The van der Waals surface area contributed by atoms with Crippen molar-refractivity contribution in [3.8, 4) is 6.07 Å². The predicted molar refractivity (Wildman–Crippen MR) is 156 cm³/mol. The Morgan fingerprint density at radius 2 is 1.59 bits per heavy atom. The van der Waals surface area contributed by atoms with E-state index in [0.29, 0.717) is 28.5 Å². The molecule has 1 saturated heterocycles. The first-order chi connectivity index (χ1) is 19.7. The molecule has 0 radical (unpaired) electrons. The van der Waals surface area contributed by atoms with Crippen LogP contribution in [0, 0.1) is 11.3 Å². The van der Waals surface area contributed by atoms with Gasteiger partial charge >= 0.3 is 0 Å². The van der Waals surface area contributed by atoms with Crippen molar-refractivity contribution < 1.29 is 19.1 Å². The molecule has 0 aromatic heterocycles. The minimum atomic E-state index is -0.935.